The van der Waals surface area contributed by atoms with E-state index in [9.17, 15) is 24.0 Å². The van der Waals surface area contributed by atoms with Crippen LogP contribution >= 0.6 is 0 Å². The minimum Gasteiger partial charge on any atom is -0.467 e. The molecule has 1 aromatic rings. The van der Waals surface area contributed by atoms with E-state index in [1.165, 1.54) is 19.1 Å². The first-order valence-corrected chi connectivity index (χ1v) is 22.0. The molecule has 0 spiro atoms. The highest BCUT2D eigenvalue weighted by Gasteiger charge is 2.43. The molecule has 16 heteroatoms. The fraction of sp³-hybridized carbons (Fsp3) is 0.739. The molecular weight excluding hydrogens is 795 g/mol. The molecule has 1 aliphatic heterocycles. The zero-order valence-corrected chi connectivity index (χ0v) is 40.6. The summed E-state index contributed by atoms with van der Waals surface area (Å²) in [7, 11) is 13.4. The number of benzene rings is 1. The Kier molecular flexibility index (Phi) is 21.7. The lowest BCUT2D eigenvalue weighted by Gasteiger charge is -2.40. The van der Waals surface area contributed by atoms with E-state index in [1.54, 1.807) is 37.9 Å². The second-order valence-corrected chi connectivity index (χ2v) is 18.2. The average molecular weight is 874 g/mol. The van der Waals surface area contributed by atoms with Gasteiger partial charge in [0.05, 0.1) is 43.7 Å². The number of rotatable bonds is 21. The molecule has 1 saturated heterocycles. The summed E-state index contributed by atoms with van der Waals surface area (Å²) in [5.41, 5.74) is 0.259. The molecular formula is C46H79N7O9. The molecule has 1 aliphatic rings. The standard InChI is InChI=1S/C46H79N7O9/c1-17-31(4)39(52(13)42(56)38(30(2)3)48-44(49(9)10)50(11)26-27-51(12)45(58)62-46(6,7)8)36(59-14)29-37(54)53-25-21-24-35(53)40(60-15)32(5)41(55)47-34(43(57)61-16)28-33-22-19-18-20-23-33/h18-20,22-23,30-32,34-36,38-40H,17,21,24-29H2,1-16H3,(H,47,55)/b48-44-/t31-,32+,34?,35-,36+,38-,39-,40+/m0/s1. The van der Waals surface area contributed by atoms with Crippen molar-refractivity contribution in [3.05, 3.63) is 35.9 Å². The van der Waals surface area contributed by atoms with Gasteiger partial charge in [0.15, 0.2) is 5.96 Å². The summed E-state index contributed by atoms with van der Waals surface area (Å²) in [6, 6.07) is 6.86. The summed E-state index contributed by atoms with van der Waals surface area (Å²) in [5, 5.41) is 2.87. The Balaban J connectivity index is 2.32. The zero-order chi connectivity index (χ0) is 47.1. The predicted molar refractivity (Wildman–Crippen MR) is 241 cm³/mol. The summed E-state index contributed by atoms with van der Waals surface area (Å²) < 4.78 is 22.6. The van der Waals surface area contributed by atoms with Crippen LogP contribution in [-0.2, 0) is 44.5 Å². The van der Waals surface area contributed by atoms with E-state index in [2.05, 4.69) is 12.2 Å². The molecule has 1 N–H and O–H groups in total. The molecule has 1 heterocycles. The van der Waals surface area contributed by atoms with Crippen LogP contribution in [0, 0.1) is 17.8 Å². The molecule has 352 valence electrons. The number of amides is 4. The van der Waals surface area contributed by atoms with E-state index in [0.29, 0.717) is 32.0 Å². The van der Waals surface area contributed by atoms with Gasteiger partial charge in [-0.05, 0) is 51.0 Å². The Morgan fingerprint density at radius 1 is 0.903 bits per heavy atom. The van der Waals surface area contributed by atoms with Gasteiger partial charge in [-0.2, -0.15) is 0 Å². The molecule has 4 amide bonds. The predicted octanol–water partition coefficient (Wildman–Crippen LogP) is 4.55. The van der Waals surface area contributed by atoms with Crippen molar-refractivity contribution >= 4 is 35.7 Å². The molecule has 0 aliphatic carbocycles. The maximum Gasteiger partial charge on any atom is 0.410 e. The molecule has 8 atom stereocenters. The summed E-state index contributed by atoms with van der Waals surface area (Å²) in [4.78, 5) is 81.9. The number of nitrogens with zero attached hydrogens (tertiary/aromatic N) is 6. The molecule has 0 bridgehead atoms. The maximum absolute atomic E-state index is 14.6. The van der Waals surface area contributed by atoms with E-state index in [1.807, 2.05) is 103 Å². The van der Waals surface area contributed by atoms with Crippen LogP contribution in [0.25, 0.3) is 0 Å². The minimum absolute atomic E-state index is 0.00456. The number of nitrogens with one attached hydrogen (secondary N) is 1. The Morgan fingerprint density at radius 3 is 2.03 bits per heavy atom. The van der Waals surface area contributed by atoms with Crippen molar-refractivity contribution in [1.82, 2.24) is 29.8 Å². The molecule has 16 nitrogen and oxygen atoms in total. The van der Waals surface area contributed by atoms with Gasteiger partial charge in [-0.3, -0.25) is 14.4 Å². The zero-order valence-electron chi connectivity index (χ0n) is 40.6. The molecule has 1 unspecified atom stereocenters. The van der Waals surface area contributed by atoms with E-state index < -0.39 is 60.0 Å². The van der Waals surface area contributed by atoms with Gasteiger partial charge in [-0.15, -0.1) is 0 Å². The number of guanidine groups is 1. The van der Waals surface area contributed by atoms with Crippen LogP contribution in [0.4, 0.5) is 4.79 Å². The van der Waals surface area contributed by atoms with Crippen molar-refractivity contribution < 1.29 is 42.9 Å². The number of carbonyl (C=O) groups is 5. The van der Waals surface area contributed by atoms with Gasteiger partial charge in [0.25, 0.3) is 0 Å². The molecule has 1 fully saturated rings. The van der Waals surface area contributed by atoms with Crippen LogP contribution in [0.5, 0.6) is 0 Å². The number of carbonyl (C=O) groups excluding carboxylic acids is 5. The van der Waals surface area contributed by atoms with E-state index >= 15 is 0 Å². The first kappa shape index (κ1) is 53.7. The minimum atomic E-state index is -0.898. The van der Waals surface area contributed by atoms with Gasteiger partial charge < -0.3 is 48.8 Å². The fourth-order valence-electron chi connectivity index (χ4n) is 8.00. The Labute approximate surface area is 372 Å². The van der Waals surface area contributed by atoms with Crippen LogP contribution < -0.4 is 5.32 Å². The van der Waals surface area contributed by atoms with Gasteiger partial charge in [0.2, 0.25) is 17.7 Å². The Bertz CT molecular complexity index is 1620. The lowest BCUT2D eigenvalue weighted by atomic mass is 9.89. The Hall–Kier alpha value is -4.44. The van der Waals surface area contributed by atoms with Crippen LogP contribution in [0.15, 0.2) is 35.3 Å². The van der Waals surface area contributed by atoms with Crippen molar-refractivity contribution in [3.63, 3.8) is 0 Å². The van der Waals surface area contributed by atoms with Crippen molar-refractivity contribution in [3.8, 4) is 0 Å². The quantitative estimate of drug-likeness (QED) is 0.105. The lowest BCUT2D eigenvalue weighted by molar-refractivity contribution is -0.148. The van der Waals surface area contributed by atoms with Gasteiger partial charge in [-0.25, -0.2) is 14.6 Å². The second kappa shape index (κ2) is 25.0. The van der Waals surface area contributed by atoms with E-state index in [4.69, 9.17) is 23.9 Å². The monoisotopic (exact) mass is 874 g/mol. The molecule has 1 aromatic carbocycles. The summed E-state index contributed by atoms with van der Waals surface area (Å²) in [6.07, 6.45) is 0.622. The SMILES string of the molecule is CC[C@H](C)[C@@H]([C@@H](CC(=O)N1CCC[C@H]1[C@H](OC)[C@@H](C)C(=O)NC(Cc1ccccc1)C(=O)OC)OC)N(C)C(=O)[C@@H](/N=C(/N(C)C)N(C)CCN(C)C(=O)OC(C)(C)C)C(C)C. The third-order valence-electron chi connectivity index (χ3n) is 11.7. The smallest absolute Gasteiger partial charge is 0.410 e. The summed E-state index contributed by atoms with van der Waals surface area (Å²) in [6.45, 7) is 16.5. The van der Waals surface area contributed by atoms with Crippen LogP contribution in [0.3, 0.4) is 0 Å². The third kappa shape index (κ3) is 15.4. The van der Waals surface area contributed by atoms with Gasteiger partial charge >= 0.3 is 12.1 Å². The number of hydrogen-bond donors (Lipinski definition) is 1. The number of ether oxygens (including phenoxy) is 4. The maximum atomic E-state index is 14.6. The van der Waals surface area contributed by atoms with Crippen molar-refractivity contribution in [2.24, 2.45) is 22.7 Å². The summed E-state index contributed by atoms with van der Waals surface area (Å²) in [5.74, 6) is -1.64. The molecule has 2 rings (SSSR count). The fourth-order valence-corrected chi connectivity index (χ4v) is 8.00. The van der Waals surface area contributed by atoms with E-state index in [0.717, 1.165) is 18.4 Å². The molecule has 0 radical (unpaired) electrons. The third-order valence-corrected chi connectivity index (χ3v) is 11.7. The van der Waals surface area contributed by atoms with E-state index in [-0.39, 0.29) is 42.4 Å². The number of likely N-dealkylation sites (tertiary alicyclic amines) is 1. The highest BCUT2D eigenvalue weighted by atomic mass is 16.6. The highest BCUT2D eigenvalue weighted by molar-refractivity contribution is 5.88. The van der Waals surface area contributed by atoms with Crippen molar-refractivity contribution in [1.29, 1.82) is 0 Å². The van der Waals surface area contributed by atoms with Crippen LogP contribution in [-0.4, -0.2) is 178 Å². The van der Waals surface area contributed by atoms with Gasteiger partial charge in [0.1, 0.15) is 17.7 Å². The molecule has 0 saturated carbocycles. The highest BCUT2D eigenvalue weighted by Crippen LogP contribution is 2.30. The topological polar surface area (TPSA) is 163 Å². The number of esters is 1. The number of hydrogen-bond acceptors (Lipinski definition) is 10. The summed E-state index contributed by atoms with van der Waals surface area (Å²) >= 11 is 0. The second-order valence-electron chi connectivity index (χ2n) is 18.2. The number of methoxy groups -OCH3 is 3. The number of aliphatic imine (C=N–C) groups is 1. The van der Waals surface area contributed by atoms with Crippen molar-refractivity contribution in [2.45, 2.75) is 129 Å². The molecule has 0 aromatic heterocycles. The van der Waals surface area contributed by atoms with Gasteiger partial charge in [0, 0.05) is 75.5 Å². The van der Waals surface area contributed by atoms with Crippen LogP contribution in [0.2, 0.25) is 0 Å². The first-order valence-electron chi connectivity index (χ1n) is 22.0. The largest absolute Gasteiger partial charge is 0.467 e. The number of likely N-dealkylation sites (N-methyl/N-ethyl adjacent to an activating group) is 3. The lowest BCUT2D eigenvalue weighted by Crippen LogP contribution is -2.55. The normalized spacial score (nSPS) is 17.9. The van der Waals surface area contributed by atoms with Crippen molar-refractivity contribution in [2.75, 3.05) is 76.2 Å². The van der Waals surface area contributed by atoms with Crippen LogP contribution in [0.1, 0.15) is 86.6 Å². The molecule has 62 heavy (non-hydrogen) atoms. The first-order chi connectivity index (χ1) is 29.0. The Morgan fingerprint density at radius 2 is 1.52 bits per heavy atom. The average Bonchev–Trinajstić information content (AvgIpc) is 3.71. The van der Waals surface area contributed by atoms with Gasteiger partial charge in [-0.1, -0.05) is 71.4 Å².